The Balaban J connectivity index is 1.75. The van der Waals surface area contributed by atoms with Gasteiger partial charge >= 0.3 is 0 Å². The van der Waals surface area contributed by atoms with E-state index in [9.17, 15) is 5.11 Å². The van der Waals surface area contributed by atoms with Crippen molar-refractivity contribution in [1.82, 2.24) is 0 Å². The molecule has 1 aliphatic rings. The summed E-state index contributed by atoms with van der Waals surface area (Å²) in [6.45, 7) is 0. The quantitative estimate of drug-likeness (QED) is 0.705. The molecule has 3 aromatic carbocycles. The molecule has 3 aromatic rings. The van der Waals surface area contributed by atoms with Crippen molar-refractivity contribution in [2.24, 2.45) is 0 Å². The lowest BCUT2D eigenvalue weighted by atomic mass is 9.94. The Hall–Kier alpha value is -2.64. The number of rotatable bonds is 4. The number of hydrogen-bond donors (Lipinski definition) is 1. The van der Waals surface area contributed by atoms with E-state index in [0.29, 0.717) is 0 Å². The van der Waals surface area contributed by atoms with Crippen molar-refractivity contribution in [3.05, 3.63) is 113 Å². The molecule has 1 unspecified atom stereocenters. The summed E-state index contributed by atoms with van der Waals surface area (Å²) >= 11 is 0. The van der Waals surface area contributed by atoms with Gasteiger partial charge < -0.3 is 5.11 Å². The fraction of sp³-hybridized carbons (Fsp3) is 0.130. The number of aliphatic hydroxyl groups is 1. The molecule has 0 aliphatic heterocycles. The SMILES string of the molecule is OC1C(CCc2ccccc2)=C(c2ccccc2)c2ccccc21. The standard InChI is InChI=1S/C23H20O/c24-23-20-14-8-7-13-19(20)22(18-11-5-2-6-12-18)21(23)16-15-17-9-3-1-4-10-17/h1-14,23-24H,15-16H2. The zero-order valence-corrected chi connectivity index (χ0v) is 13.5. The Bertz CT molecular complexity index is 863. The molecule has 0 fully saturated rings. The van der Waals surface area contributed by atoms with E-state index in [0.717, 1.165) is 24.0 Å². The molecule has 118 valence electrons. The van der Waals surface area contributed by atoms with E-state index in [1.54, 1.807) is 0 Å². The van der Waals surface area contributed by atoms with Gasteiger partial charge in [-0.25, -0.2) is 0 Å². The first-order valence-corrected chi connectivity index (χ1v) is 8.44. The summed E-state index contributed by atoms with van der Waals surface area (Å²) in [5.41, 5.74) is 7.02. The molecule has 4 rings (SSSR count). The van der Waals surface area contributed by atoms with Crippen LogP contribution in [-0.4, -0.2) is 5.11 Å². The van der Waals surface area contributed by atoms with Gasteiger partial charge in [-0.1, -0.05) is 84.9 Å². The molecule has 24 heavy (non-hydrogen) atoms. The van der Waals surface area contributed by atoms with E-state index in [-0.39, 0.29) is 0 Å². The van der Waals surface area contributed by atoms with Crippen molar-refractivity contribution >= 4 is 5.57 Å². The van der Waals surface area contributed by atoms with Crippen LogP contribution in [0.15, 0.2) is 90.5 Å². The zero-order valence-electron chi connectivity index (χ0n) is 13.5. The highest BCUT2D eigenvalue weighted by Gasteiger charge is 2.29. The van der Waals surface area contributed by atoms with Gasteiger partial charge in [-0.15, -0.1) is 0 Å². The molecule has 0 bridgehead atoms. The highest BCUT2D eigenvalue weighted by atomic mass is 16.3. The highest BCUT2D eigenvalue weighted by Crippen LogP contribution is 2.45. The van der Waals surface area contributed by atoms with Gasteiger partial charge in [0.05, 0.1) is 0 Å². The highest BCUT2D eigenvalue weighted by molar-refractivity contribution is 5.88. The van der Waals surface area contributed by atoms with Crippen LogP contribution in [0.4, 0.5) is 0 Å². The Labute approximate surface area is 142 Å². The van der Waals surface area contributed by atoms with Crippen molar-refractivity contribution in [2.75, 3.05) is 0 Å². The predicted molar refractivity (Wildman–Crippen MR) is 98.6 cm³/mol. The minimum atomic E-state index is -0.500. The lowest BCUT2D eigenvalue weighted by Gasteiger charge is -2.12. The summed E-state index contributed by atoms with van der Waals surface area (Å²) in [6, 6.07) is 29.1. The van der Waals surface area contributed by atoms with Crippen LogP contribution in [0.2, 0.25) is 0 Å². The molecular weight excluding hydrogens is 292 g/mol. The molecule has 0 radical (unpaired) electrons. The van der Waals surface area contributed by atoms with Crippen molar-refractivity contribution in [3.8, 4) is 0 Å². The van der Waals surface area contributed by atoms with Gasteiger partial charge in [0.15, 0.2) is 0 Å². The monoisotopic (exact) mass is 312 g/mol. The third-order valence-corrected chi connectivity index (χ3v) is 4.76. The Morgan fingerprint density at radius 1 is 0.667 bits per heavy atom. The van der Waals surface area contributed by atoms with Crippen LogP contribution >= 0.6 is 0 Å². The lowest BCUT2D eigenvalue weighted by molar-refractivity contribution is 0.215. The summed E-state index contributed by atoms with van der Waals surface area (Å²) in [4.78, 5) is 0. The number of aryl methyl sites for hydroxylation is 1. The Morgan fingerprint density at radius 3 is 2.04 bits per heavy atom. The topological polar surface area (TPSA) is 20.2 Å². The summed E-state index contributed by atoms with van der Waals surface area (Å²) in [5.74, 6) is 0. The largest absolute Gasteiger partial charge is 0.384 e. The fourth-order valence-electron chi connectivity index (χ4n) is 3.59. The van der Waals surface area contributed by atoms with Gasteiger partial charge in [-0.2, -0.15) is 0 Å². The summed E-state index contributed by atoms with van der Waals surface area (Å²) in [6.07, 6.45) is 1.31. The molecule has 1 heteroatoms. The van der Waals surface area contributed by atoms with Crippen LogP contribution < -0.4 is 0 Å². The van der Waals surface area contributed by atoms with Crippen molar-refractivity contribution in [3.63, 3.8) is 0 Å². The van der Waals surface area contributed by atoms with E-state index in [4.69, 9.17) is 0 Å². The summed E-state index contributed by atoms with van der Waals surface area (Å²) < 4.78 is 0. The number of hydrogen-bond acceptors (Lipinski definition) is 1. The molecule has 0 heterocycles. The van der Waals surface area contributed by atoms with Crippen LogP contribution in [0.5, 0.6) is 0 Å². The van der Waals surface area contributed by atoms with E-state index in [2.05, 4.69) is 60.7 Å². The average molecular weight is 312 g/mol. The predicted octanol–water partition coefficient (Wildman–Crippen LogP) is 5.17. The third-order valence-electron chi connectivity index (χ3n) is 4.76. The van der Waals surface area contributed by atoms with Crippen molar-refractivity contribution in [2.45, 2.75) is 18.9 Å². The van der Waals surface area contributed by atoms with E-state index in [1.165, 1.54) is 22.3 Å². The minimum Gasteiger partial charge on any atom is -0.384 e. The van der Waals surface area contributed by atoms with Gasteiger partial charge in [-0.3, -0.25) is 0 Å². The molecule has 1 nitrogen and oxygen atoms in total. The Kier molecular flexibility index (Phi) is 4.02. The summed E-state index contributed by atoms with van der Waals surface area (Å²) in [7, 11) is 0. The molecule has 0 spiro atoms. The Morgan fingerprint density at radius 2 is 1.29 bits per heavy atom. The molecular formula is C23H20O. The first kappa shape index (κ1) is 14.9. The maximum Gasteiger partial charge on any atom is 0.102 e. The smallest absolute Gasteiger partial charge is 0.102 e. The van der Waals surface area contributed by atoms with Gasteiger partial charge in [0.2, 0.25) is 0 Å². The summed E-state index contributed by atoms with van der Waals surface area (Å²) in [5, 5.41) is 10.9. The second-order valence-corrected chi connectivity index (χ2v) is 6.24. The number of benzene rings is 3. The number of aliphatic hydroxyl groups excluding tert-OH is 1. The minimum absolute atomic E-state index is 0.500. The molecule has 1 aliphatic carbocycles. The normalized spacial score (nSPS) is 16.3. The zero-order chi connectivity index (χ0) is 16.4. The third kappa shape index (κ3) is 2.68. The van der Waals surface area contributed by atoms with E-state index >= 15 is 0 Å². The van der Waals surface area contributed by atoms with Gasteiger partial charge in [-0.05, 0) is 46.2 Å². The molecule has 0 aromatic heterocycles. The first-order valence-electron chi connectivity index (χ1n) is 8.44. The fourth-order valence-corrected chi connectivity index (χ4v) is 3.59. The molecule has 0 saturated heterocycles. The van der Waals surface area contributed by atoms with Crippen molar-refractivity contribution in [1.29, 1.82) is 0 Å². The second kappa shape index (κ2) is 6.46. The molecule has 1 atom stereocenters. The van der Waals surface area contributed by atoms with Crippen LogP contribution in [0.25, 0.3) is 5.57 Å². The van der Waals surface area contributed by atoms with Gasteiger partial charge in [0.25, 0.3) is 0 Å². The van der Waals surface area contributed by atoms with Gasteiger partial charge in [0.1, 0.15) is 6.10 Å². The first-order chi connectivity index (χ1) is 11.8. The molecule has 0 saturated carbocycles. The van der Waals surface area contributed by atoms with Crippen LogP contribution in [-0.2, 0) is 6.42 Å². The van der Waals surface area contributed by atoms with E-state index in [1.807, 2.05) is 24.3 Å². The second-order valence-electron chi connectivity index (χ2n) is 6.24. The van der Waals surface area contributed by atoms with Crippen molar-refractivity contribution < 1.29 is 5.11 Å². The van der Waals surface area contributed by atoms with E-state index < -0.39 is 6.10 Å². The lowest BCUT2D eigenvalue weighted by Crippen LogP contribution is -1.99. The van der Waals surface area contributed by atoms with Crippen LogP contribution in [0.3, 0.4) is 0 Å². The maximum absolute atomic E-state index is 10.9. The maximum atomic E-state index is 10.9. The average Bonchev–Trinajstić information content (AvgIpc) is 2.94. The number of fused-ring (bicyclic) bond motifs is 1. The van der Waals surface area contributed by atoms with Gasteiger partial charge in [0, 0.05) is 0 Å². The van der Waals surface area contributed by atoms with Crippen LogP contribution in [0, 0.1) is 0 Å². The van der Waals surface area contributed by atoms with Crippen LogP contribution in [0.1, 0.15) is 34.8 Å². The molecule has 0 amide bonds. The molecule has 1 N–H and O–H groups in total.